The minimum absolute atomic E-state index is 0.138. The van der Waals surface area contributed by atoms with Crippen LogP contribution in [-0.4, -0.2) is 57.6 Å². The van der Waals surface area contributed by atoms with Crippen LogP contribution in [0.1, 0.15) is 40.0 Å². The van der Waals surface area contributed by atoms with E-state index in [2.05, 4.69) is 11.9 Å². The van der Waals surface area contributed by atoms with Crippen molar-refractivity contribution in [2.24, 2.45) is 10.9 Å². The maximum Gasteiger partial charge on any atom is 0.292 e. The summed E-state index contributed by atoms with van der Waals surface area (Å²) in [6.07, 6.45) is 1.33. The topological polar surface area (TPSA) is 68.2 Å². The number of aliphatic imine (C=N–C) groups is 1. The highest BCUT2D eigenvalue weighted by molar-refractivity contribution is 7.86. The van der Waals surface area contributed by atoms with E-state index < -0.39 is 28.3 Å². The van der Waals surface area contributed by atoms with Crippen LogP contribution in [0.25, 0.3) is 0 Å². The lowest BCUT2D eigenvalue weighted by molar-refractivity contribution is 0.0366. The first-order chi connectivity index (χ1) is 11.2. The van der Waals surface area contributed by atoms with Crippen molar-refractivity contribution in [2.75, 3.05) is 26.0 Å². The molecule has 2 aliphatic heterocycles. The second-order valence-electron chi connectivity index (χ2n) is 6.36. The molecular weight excluding hydrogens is 335 g/mol. The van der Waals surface area contributed by atoms with Gasteiger partial charge in [0, 0.05) is 18.2 Å². The minimum Gasteiger partial charge on any atom is -0.460 e. The normalized spacial score (nSPS) is 26.9. The molecule has 24 heavy (non-hydrogen) atoms. The predicted octanol–water partition coefficient (Wildman–Crippen LogP) is 2.47. The van der Waals surface area contributed by atoms with Crippen LogP contribution >= 0.6 is 0 Å². The standard InChI is InChI=1S/C16H27FN2O4S/c1-5-12-10-22-16(18-15(12)6-2)19-8-7-13(14(17)9-19)11(3)23-24(4,20)21/h11,13-14H,5-10H2,1-4H3. The number of hydrogen-bond donors (Lipinski definition) is 0. The van der Waals surface area contributed by atoms with Crippen molar-refractivity contribution in [2.45, 2.75) is 52.3 Å². The number of ether oxygens (including phenoxy) is 1. The Morgan fingerprint density at radius 2 is 2.12 bits per heavy atom. The smallest absolute Gasteiger partial charge is 0.292 e. The Hall–Kier alpha value is -1.15. The Bertz CT molecular complexity index is 618. The van der Waals surface area contributed by atoms with Crippen LogP contribution in [0.5, 0.6) is 0 Å². The summed E-state index contributed by atoms with van der Waals surface area (Å²) < 4.78 is 47.7. The lowest BCUT2D eigenvalue weighted by Gasteiger charge is -2.38. The van der Waals surface area contributed by atoms with E-state index >= 15 is 0 Å². The van der Waals surface area contributed by atoms with E-state index in [9.17, 15) is 12.8 Å². The van der Waals surface area contributed by atoms with E-state index in [1.165, 1.54) is 5.57 Å². The molecule has 0 radical (unpaired) electrons. The summed E-state index contributed by atoms with van der Waals surface area (Å²) in [5.74, 6) is -0.451. The molecule has 0 saturated carbocycles. The van der Waals surface area contributed by atoms with Crippen molar-refractivity contribution in [3.8, 4) is 0 Å². The van der Waals surface area contributed by atoms with Gasteiger partial charge in [-0.2, -0.15) is 8.42 Å². The molecule has 2 rings (SSSR count). The largest absolute Gasteiger partial charge is 0.460 e. The van der Waals surface area contributed by atoms with Crippen molar-refractivity contribution >= 4 is 16.1 Å². The van der Waals surface area contributed by atoms with Gasteiger partial charge < -0.3 is 9.64 Å². The fraction of sp³-hybridized carbons (Fsp3) is 0.812. The van der Waals surface area contributed by atoms with Crippen LogP contribution in [0.15, 0.2) is 16.3 Å². The summed E-state index contributed by atoms with van der Waals surface area (Å²) in [5, 5.41) is 0. The number of hydrogen-bond acceptors (Lipinski definition) is 6. The molecule has 0 aromatic heterocycles. The first-order valence-electron chi connectivity index (χ1n) is 8.44. The maximum atomic E-state index is 14.6. The van der Waals surface area contributed by atoms with Gasteiger partial charge in [0.15, 0.2) is 0 Å². The number of piperidine rings is 1. The van der Waals surface area contributed by atoms with E-state index in [4.69, 9.17) is 8.92 Å². The Kier molecular flexibility index (Phi) is 6.25. The fourth-order valence-electron chi connectivity index (χ4n) is 3.23. The van der Waals surface area contributed by atoms with Crippen molar-refractivity contribution in [3.05, 3.63) is 11.3 Å². The van der Waals surface area contributed by atoms with Crippen molar-refractivity contribution in [1.29, 1.82) is 0 Å². The van der Waals surface area contributed by atoms with Gasteiger partial charge in [-0.25, -0.2) is 9.38 Å². The number of allylic oxidation sites excluding steroid dienone is 1. The molecule has 6 nitrogen and oxygen atoms in total. The predicted molar refractivity (Wildman–Crippen MR) is 91.0 cm³/mol. The lowest BCUT2D eigenvalue weighted by Crippen LogP contribution is -2.49. The first-order valence-corrected chi connectivity index (χ1v) is 10.3. The molecule has 0 aromatic rings. The lowest BCUT2D eigenvalue weighted by atomic mass is 9.90. The van der Waals surface area contributed by atoms with Crippen LogP contribution < -0.4 is 0 Å². The summed E-state index contributed by atoms with van der Waals surface area (Å²) in [4.78, 5) is 6.35. The van der Waals surface area contributed by atoms with E-state index in [1.54, 1.807) is 11.8 Å². The number of nitrogens with zero attached hydrogens (tertiary/aromatic N) is 2. The Balaban J connectivity index is 2.03. The summed E-state index contributed by atoms with van der Waals surface area (Å²) in [6, 6.07) is 0.474. The van der Waals surface area contributed by atoms with Crippen LogP contribution in [0.4, 0.5) is 4.39 Å². The molecule has 0 aliphatic carbocycles. The second-order valence-corrected chi connectivity index (χ2v) is 7.96. The second kappa shape index (κ2) is 7.82. The SMILES string of the molecule is CCC1=C(CC)N=C(N2CCC(C(C)OS(C)(=O)=O)C(F)C2)OC1. The zero-order chi connectivity index (χ0) is 17.9. The van der Waals surface area contributed by atoms with Gasteiger partial charge in [-0.05, 0) is 31.8 Å². The van der Waals surface area contributed by atoms with Gasteiger partial charge in [0.1, 0.15) is 12.8 Å². The summed E-state index contributed by atoms with van der Waals surface area (Å²) in [5.41, 5.74) is 2.20. The third kappa shape index (κ3) is 4.69. The molecule has 3 atom stereocenters. The molecular formula is C16H27FN2O4S. The number of rotatable bonds is 5. The number of halogens is 1. The molecule has 1 saturated heterocycles. The molecule has 0 amide bonds. The Morgan fingerprint density at radius 1 is 1.42 bits per heavy atom. The van der Waals surface area contributed by atoms with Gasteiger partial charge in [0.25, 0.3) is 16.1 Å². The molecule has 0 aromatic carbocycles. The quantitative estimate of drug-likeness (QED) is 0.703. The van der Waals surface area contributed by atoms with Crippen LogP contribution in [0, 0.1) is 5.92 Å². The average Bonchev–Trinajstić information content (AvgIpc) is 2.52. The molecule has 8 heteroatoms. The highest BCUT2D eigenvalue weighted by Gasteiger charge is 2.37. The fourth-order valence-corrected chi connectivity index (χ4v) is 3.93. The molecule has 138 valence electrons. The van der Waals surface area contributed by atoms with Crippen LogP contribution in [0.3, 0.4) is 0 Å². The number of likely N-dealkylation sites (tertiary alicyclic amines) is 1. The van der Waals surface area contributed by atoms with Gasteiger partial charge in [-0.15, -0.1) is 0 Å². The van der Waals surface area contributed by atoms with E-state index in [0.717, 1.165) is 24.8 Å². The zero-order valence-corrected chi connectivity index (χ0v) is 15.6. The minimum atomic E-state index is -3.58. The molecule has 3 unspecified atom stereocenters. The van der Waals surface area contributed by atoms with Crippen LogP contribution in [-0.2, 0) is 19.0 Å². The molecule has 2 heterocycles. The molecule has 2 aliphatic rings. The number of alkyl halides is 1. The monoisotopic (exact) mass is 362 g/mol. The Labute approximate surface area is 143 Å². The third-order valence-corrected chi connectivity index (χ3v) is 5.22. The van der Waals surface area contributed by atoms with Gasteiger partial charge >= 0.3 is 0 Å². The summed E-state index contributed by atoms with van der Waals surface area (Å²) >= 11 is 0. The van der Waals surface area contributed by atoms with Gasteiger partial charge in [0.05, 0.1) is 18.9 Å². The van der Waals surface area contributed by atoms with E-state index in [1.807, 2.05) is 6.92 Å². The van der Waals surface area contributed by atoms with Gasteiger partial charge in [-0.3, -0.25) is 4.18 Å². The molecule has 0 N–H and O–H groups in total. The van der Waals surface area contributed by atoms with E-state index in [-0.39, 0.29) is 6.54 Å². The summed E-state index contributed by atoms with van der Waals surface area (Å²) in [6.45, 7) is 6.93. The van der Waals surface area contributed by atoms with Crippen molar-refractivity contribution in [1.82, 2.24) is 4.90 Å². The van der Waals surface area contributed by atoms with Crippen molar-refractivity contribution < 1.29 is 21.7 Å². The highest BCUT2D eigenvalue weighted by atomic mass is 32.2. The third-order valence-electron chi connectivity index (χ3n) is 4.57. The van der Waals surface area contributed by atoms with Crippen molar-refractivity contribution in [3.63, 3.8) is 0 Å². The first kappa shape index (κ1) is 19.2. The van der Waals surface area contributed by atoms with Gasteiger partial charge in [-0.1, -0.05) is 13.8 Å². The molecule has 0 bridgehead atoms. The Morgan fingerprint density at radius 3 is 2.67 bits per heavy atom. The number of amidine groups is 1. The van der Waals surface area contributed by atoms with Crippen LogP contribution in [0.2, 0.25) is 0 Å². The highest BCUT2D eigenvalue weighted by Crippen LogP contribution is 2.28. The summed E-state index contributed by atoms with van der Waals surface area (Å²) in [7, 11) is -3.58. The zero-order valence-electron chi connectivity index (χ0n) is 14.8. The van der Waals surface area contributed by atoms with Gasteiger partial charge in [0.2, 0.25) is 0 Å². The van der Waals surface area contributed by atoms with E-state index in [0.29, 0.717) is 25.6 Å². The average molecular weight is 362 g/mol. The molecule has 0 spiro atoms. The molecule has 1 fully saturated rings. The maximum absolute atomic E-state index is 14.6.